The normalized spacial score (nSPS) is 13.4. The summed E-state index contributed by atoms with van der Waals surface area (Å²) in [5.74, 6) is 0. The van der Waals surface area contributed by atoms with Crippen molar-refractivity contribution in [3.63, 3.8) is 0 Å². The van der Waals surface area contributed by atoms with Crippen molar-refractivity contribution in [1.29, 1.82) is 0 Å². The minimum atomic E-state index is -3.32. The van der Waals surface area contributed by atoms with E-state index >= 15 is 0 Å². The Morgan fingerprint density at radius 2 is 1.36 bits per heavy atom. The first-order valence-electron chi connectivity index (χ1n) is 9.48. The van der Waals surface area contributed by atoms with Gasteiger partial charge in [-0.15, -0.1) is 0 Å². The molecular weight excluding hydrogens is 368 g/mol. The minimum Gasteiger partial charge on any atom is -0.302 e. The standard InChI is InChI=1S/C23H24N2O2S/c1-16(2)28(26,27)25-18-13-11-17(12-14-18)15-24-23-21-9-5-3-7-19(21)20-8-4-6-10-22(20)23/h3-14,16,23-25H,15H2,1-2H3. The van der Waals surface area contributed by atoms with Gasteiger partial charge in [0.2, 0.25) is 10.0 Å². The third-order valence-electron chi connectivity index (χ3n) is 5.18. The zero-order chi connectivity index (χ0) is 19.7. The average Bonchev–Trinajstić information content (AvgIpc) is 3.01. The van der Waals surface area contributed by atoms with Crippen molar-refractivity contribution in [3.8, 4) is 11.1 Å². The van der Waals surface area contributed by atoms with E-state index < -0.39 is 15.3 Å². The van der Waals surface area contributed by atoms with Crippen molar-refractivity contribution >= 4 is 15.7 Å². The third kappa shape index (κ3) is 3.55. The fourth-order valence-corrected chi connectivity index (χ4v) is 4.27. The molecule has 0 saturated heterocycles. The number of hydrogen-bond donors (Lipinski definition) is 2. The maximum absolute atomic E-state index is 12.0. The second-order valence-electron chi connectivity index (χ2n) is 7.38. The van der Waals surface area contributed by atoms with E-state index in [9.17, 15) is 8.42 Å². The summed E-state index contributed by atoms with van der Waals surface area (Å²) in [6, 6.07) is 24.7. The molecule has 0 aliphatic heterocycles. The van der Waals surface area contributed by atoms with Gasteiger partial charge in [-0.05, 0) is 53.8 Å². The summed E-state index contributed by atoms with van der Waals surface area (Å²) in [5.41, 5.74) is 6.86. The number of anilines is 1. The van der Waals surface area contributed by atoms with Gasteiger partial charge < -0.3 is 5.32 Å². The van der Waals surface area contributed by atoms with E-state index in [0.29, 0.717) is 12.2 Å². The zero-order valence-corrected chi connectivity index (χ0v) is 16.8. The highest BCUT2D eigenvalue weighted by atomic mass is 32.2. The van der Waals surface area contributed by atoms with Gasteiger partial charge in [0.15, 0.2) is 0 Å². The van der Waals surface area contributed by atoms with Crippen LogP contribution in [0.3, 0.4) is 0 Å². The molecule has 4 rings (SSSR count). The summed E-state index contributed by atoms with van der Waals surface area (Å²) < 4.78 is 26.6. The molecule has 0 saturated carbocycles. The predicted octanol–water partition coefficient (Wildman–Crippen LogP) is 4.70. The van der Waals surface area contributed by atoms with Crippen LogP contribution < -0.4 is 10.0 Å². The van der Waals surface area contributed by atoms with Gasteiger partial charge in [0.25, 0.3) is 0 Å². The molecule has 4 nitrogen and oxygen atoms in total. The molecule has 1 aliphatic rings. The van der Waals surface area contributed by atoms with Crippen LogP contribution in [0, 0.1) is 0 Å². The average molecular weight is 393 g/mol. The SMILES string of the molecule is CC(C)S(=O)(=O)Nc1ccc(CNC2c3ccccc3-c3ccccc32)cc1. The molecular formula is C23H24N2O2S. The Hall–Kier alpha value is -2.63. The highest BCUT2D eigenvalue weighted by Gasteiger charge is 2.27. The molecule has 0 heterocycles. The van der Waals surface area contributed by atoms with Crippen molar-refractivity contribution in [2.24, 2.45) is 0 Å². The molecule has 0 bridgehead atoms. The van der Waals surface area contributed by atoms with Crippen LogP contribution in [0.4, 0.5) is 5.69 Å². The van der Waals surface area contributed by atoms with Crippen LogP contribution in [0.1, 0.15) is 36.6 Å². The molecule has 0 aromatic heterocycles. The zero-order valence-electron chi connectivity index (χ0n) is 16.0. The lowest BCUT2D eigenvalue weighted by Gasteiger charge is -2.16. The van der Waals surface area contributed by atoms with Crippen molar-refractivity contribution < 1.29 is 8.42 Å². The smallest absolute Gasteiger partial charge is 0.235 e. The maximum atomic E-state index is 12.0. The Morgan fingerprint density at radius 3 is 1.89 bits per heavy atom. The van der Waals surface area contributed by atoms with Crippen LogP contribution >= 0.6 is 0 Å². The highest BCUT2D eigenvalue weighted by Crippen LogP contribution is 2.43. The Balaban J connectivity index is 1.50. The molecule has 0 fully saturated rings. The lowest BCUT2D eigenvalue weighted by molar-refractivity contribution is 0.593. The molecule has 0 unspecified atom stereocenters. The molecule has 0 radical (unpaired) electrons. The Kier molecular flexibility index (Phi) is 4.96. The lowest BCUT2D eigenvalue weighted by Crippen LogP contribution is -2.22. The van der Waals surface area contributed by atoms with Crippen molar-refractivity contribution in [3.05, 3.63) is 89.5 Å². The monoisotopic (exact) mass is 392 g/mol. The van der Waals surface area contributed by atoms with E-state index in [1.165, 1.54) is 22.3 Å². The summed E-state index contributed by atoms with van der Waals surface area (Å²) in [6.07, 6.45) is 0. The summed E-state index contributed by atoms with van der Waals surface area (Å²) in [4.78, 5) is 0. The number of nitrogens with one attached hydrogen (secondary N) is 2. The number of fused-ring (bicyclic) bond motifs is 3. The van der Waals surface area contributed by atoms with Gasteiger partial charge in [-0.2, -0.15) is 0 Å². The first-order valence-corrected chi connectivity index (χ1v) is 11.0. The topological polar surface area (TPSA) is 58.2 Å². The van der Waals surface area contributed by atoms with Gasteiger partial charge >= 0.3 is 0 Å². The van der Waals surface area contributed by atoms with Crippen LogP contribution in [0.2, 0.25) is 0 Å². The van der Waals surface area contributed by atoms with E-state index in [2.05, 4.69) is 58.6 Å². The van der Waals surface area contributed by atoms with Crippen molar-refractivity contribution in [2.45, 2.75) is 31.7 Å². The first-order chi connectivity index (χ1) is 13.5. The molecule has 0 amide bonds. The molecule has 0 spiro atoms. The Morgan fingerprint density at radius 1 is 0.821 bits per heavy atom. The molecule has 144 valence electrons. The number of benzene rings is 3. The molecule has 3 aromatic carbocycles. The van der Waals surface area contributed by atoms with Gasteiger partial charge in [-0.1, -0.05) is 60.7 Å². The number of rotatable bonds is 6. The second-order valence-corrected chi connectivity index (χ2v) is 9.62. The Labute approximate surface area is 166 Å². The van der Waals surface area contributed by atoms with Crippen LogP contribution in [0.25, 0.3) is 11.1 Å². The van der Waals surface area contributed by atoms with Crippen LogP contribution in [-0.4, -0.2) is 13.7 Å². The first kappa shape index (κ1) is 18.7. The van der Waals surface area contributed by atoms with Crippen molar-refractivity contribution in [2.75, 3.05) is 4.72 Å². The van der Waals surface area contributed by atoms with Gasteiger partial charge in [-0.3, -0.25) is 4.72 Å². The summed E-state index contributed by atoms with van der Waals surface area (Å²) in [5, 5.41) is 3.20. The summed E-state index contributed by atoms with van der Waals surface area (Å²) in [6.45, 7) is 4.03. The number of sulfonamides is 1. The third-order valence-corrected chi connectivity index (χ3v) is 6.94. The van der Waals surface area contributed by atoms with Gasteiger partial charge in [0, 0.05) is 12.2 Å². The summed E-state index contributed by atoms with van der Waals surface area (Å²) >= 11 is 0. The minimum absolute atomic E-state index is 0.159. The van der Waals surface area contributed by atoms with Gasteiger partial charge in [-0.25, -0.2) is 8.42 Å². The highest BCUT2D eigenvalue weighted by molar-refractivity contribution is 7.93. The predicted molar refractivity (Wildman–Crippen MR) is 115 cm³/mol. The van der Waals surface area contributed by atoms with Crippen molar-refractivity contribution in [1.82, 2.24) is 5.32 Å². The lowest BCUT2D eigenvalue weighted by atomic mass is 10.0. The quantitative estimate of drug-likeness (QED) is 0.639. The fraction of sp³-hybridized carbons (Fsp3) is 0.217. The van der Waals surface area contributed by atoms with Crippen LogP contribution in [-0.2, 0) is 16.6 Å². The molecule has 1 aliphatic carbocycles. The molecule has 2 N–H and O–H groups in total. The van der Waals surface area contributed by atoms with E-state index in [1.807, 2.05) is 24.3 Å². The molecule has 3 aromatic rings. The largest absolute Gasteiger partial charge is 0.302 e. The second kappa shape index (κ2) is 7.41. The maximum Gasteiger partial charge on any atom is 0.235 e. The van der Waals surface area contributed by atoms with Gasteiger partial charge in [0.05, 0.1) is 11.3 Å². The Bertz CT molecular complexity index is 1040. The van der Waals surface area contributed by atoms with E-state index in [-0.39, 0.29) is 6.04 Å². The fourth-order valence-electron chi connectivity index (χ4n) is 3.57. The van der Waals surface area contributed by atoms with E-state index in [4.69, 9.17) is 0 Å². The molecule has 28 heavy (non-hydrogen) atoms. The molecule has 0 atom stereocenters. The molecule has 5 heteroatoms. The summed E-state index contributed by atoms with van der Waals surface area (Å²) in [7, 11) is -3.32. The van der Waals surface area contributed by atoms with E-state index in [1.54, 1.807) is 13.8 Å². The van der Waals surface area contributed by atoms with Gasteiger partial charge in [0.1, 0.15) is 0 Å². The number of hydrogen-bond acceptors (Lipinski definition) is 3. The van der Waals surface area contributed by atoms with Crippen LogP contribution in [0.5, 0.6) is 0 Å². The van der Waals surface area contributed by atoms with E-state index in [0.717, 1.165) is 5.56 Å². The van der Waals surface area contributed by atoms with Crippen LogP contribution in [0.15, 0.2) is 72.8 Å².